The van der Waals surface area contributed by atoms with Crippen LogP contribution in [-0.4, -0.2) is 10.9 Å². The molecule has 5 heteroatoms. The molecule has 1 aromatic heterocycles. The van der Waals surface area contributed by atoms with Gasteiger partial charge in [-0.3, -0.25) is 4.79 Å². The standard InChI is InChI=1S/C15H19N3OS/c1-8-5-9(2)13(16)6-12(8)14(19)18-11(4)15-17-10(3)7-20-15/h5-7,11H,16H2,1-4H3,(H,18,19). The Morgan fingerprint density at radius 3 is 2.60 bits per heavy atom. The van der Waals surface area contributed by atoms with Gasteiger partial charge in [0.15, 0.2) is 0 Å². The van der Waals surface area contributed by atoms with Gasteiger partial charge in [0.05, 0.1) is 6.04 Å². The fourth-order valence-electron chi connectivity index (χ4n) is 2.02. The molecule has 1 atom stereocenters. The molecule has 106 valence electrons. The summed E-state index contributed by atoms with van der Waals surface area (Å²) in [7, 11) is 0. The highest BCUT2D eigenvalue weighted by Gasteiger charge is 2.16. The predicted octanol–water partition coefficient (Wildman–Crippen LogP) is 3.14. The zero-order valence-electron chi connectivity index (χ0n) is 12.2. The fourth-order valence-corrected chi connectivity index (χ4v) is 2.82. The zero-order valence-corrected chi connectivity index (χ0v) is 13.0. The van der Waals surface area contributed by atoms with Crippen molar-refractivity contribution in [3.05, 3.63) is 44.9 Å². The SMILES string of the molecule is Cc1csc(C(C)NC(=O)c2cc(N)c(C)cc2C)n1. The quantitative estimate of drug-likeness (QED) is 0.853. The molecular formula is C15H19N3OS. The monoisotopic (exact) mass is 289 g/mol. The average Bonchev–Trinajstić information content (AvgIpc) is 2.80. The van der Waals surface area contributed by atoms with Crippen LogP contribution in [0.3, 0.4) is 0 Å². The first-order valence-corrected chi connectivity index (χ1v) is 7.36. The number of hydrogen-bond acceptors (Lipinski definition) is 4. The van der Waals surface area contributed by atoms with Crippen molar-refractivity contribution in [2.45, 2.75) is 33.7 Å². The van der Waals surface area contributed by atoms with E-state index in [4.69, 9.17) is 5.73 Å². The molecule has 0 aliphatic carbocycles. The van der Waals surface area contributed by atoms with E-state index in [2.05, 4.69) is 10.3 Å². The van der Waals surface area contributed by atoms with Gasteiger partial charge in [0.1, 0.15) is 5.01 Å². The molecule has 1 heterocycles. The lowest BCUT2D eigenvalue weighted by molar-refractivity contribution is 0.0939. The lowest BCUT2D eigenvalue weighted by Gasteiger charge is -2.14. The van der Waals surface area contributed by atoms with Crippen molar-refractivity contribution in [2.75, 3.05) is 5.73 Å². The van der Waals surface area contributed by atoms with Crippen LogP contribution in [-0.2, 0) is 0 Å². The molecule has 0 aliphatic heterocycles. The van der Waals surface area contributed by atoms with E-state index in [0.717, 1.165) is 21.8 Å². The number of nitrogens with one attached hydrogen (secondary N) is 1. The maximum Gasteiger partial charge on any atom is 0.252 e. The van der Waals surface area contributed by atoms with E-state index in [0.29, 0.717) is 11.3 Å². The highest BCUT2D eigenvalue weighted by Crippen LogP contribution is 2.21. The number of benzene rings is 1. The van der Waals surface area contributed by atoms with E-state index in [1.807, 2.05) is 39.1 Å². The van der Waals surface area contributed by atoms with Gasteiger partial charge in [-0.15, -0.1) is 11.3 Å². The number of nitrogens with zero attached hydrogens (tertiary/aromatic N) is 1. The van der Waals surface area contributed by atoms with Crippen LogP contribution in [0.4, 0.5) is 5.69 Å². The molecule has 20 heavy (non-hydrogen) atoms. The Morgan fingerprint density at radius 2 is 2.00 bits per heavy atom. The Hall–Kier alpha value is -1.88. The molecule has 0 saturated heterocycles. The van der Waals surface area contributed by atoms with Crippen LogP contribution >= 0.6 is 11.3 Å². The van der Waals surface area contributed by atoms with Crippen LogP contribution in [0.25, 0.3) is 0 Å². The highest BCUT2D eigenvalue weighted by molar-refractivity contribution is 7.09. The van der Waals surface area contributed by atoms with E-state index in [9.17, 15) is 4.79 Å². The molecule has 3 N–H and O–H groups in total. The first-order valence-electron chi connectivity index (χ1n) is 6.48. The molecular weight excluding hydrogens is 270 g/mol. The lowest BCUT2D eigenvalue weighted by atomic mass is 10.0. The van der Waals surface area contributed by atoms with Gasteiger partial charge in [-0.2, -0.15) is 0 Å². The van der Waals surface area contributed by atoms with Gasteiger partial charge in [0, 0.05) is 22.3 Å². The van der Waals surface area contributed by atoms with Crippen LogP contribution < -0.4 is 11.1 Å². The largest absolute Gasteiger partial charge is 0.398 e. The summed E-state index contributed by atoms with van der Waals surface area (Å²) >= 11 is 1.55. The highest BCUT2D eigenvalue weighted by atomic mass is 32.1. The van der Waals surface area contributed by atoms with Crippen molar-refractivity contribution in [1.29, 1.82) is 0 Å². The van der Waals surface area contributed by atoms with Crippen molar-refractivity contribution < 1.29 is 4.79 Å². The summed E-state index contributed by atoms with van der Waals surface area (Å²) in [6, 6.07) is 3.56. The maximum atomic E-state index is 12.3. The molecule has 0 spiro atoms. The normalized spacial score (nSPS) is 12.2. The van der Waals surface area contributed by atoms with Gasteiger partial charge in [-0.05, 0) is 44.9 Å². The molecule has 1 amide bonds. The molecule has 4 nitrogen and oxygen atoms in total. The zero-order chi connectivity index (χ0) is 14.9. The summed E-state index contributed by atoms with van der Waals surface area (Å²) in [6.45, 7) is 7.73. The minimum absolute atomic E-state index is 0.108. The topological polar surface area (TPSA) is 68.0 Å². The van der Waals surface area contributed by atoms with Crippen molar-refractivity contribution >= 4 is 22.9 Å². The number of anilines is 1. The van der Waals surface area contributed by atoms with Crippen LogP contribution in [0.1, 0.15) is 45.2 Å². The van der Waals surface area contributed by atoms with E-state index in [-0.39, 0.29) is 11.9 Å². The minimum atomic E-state index is -0.116. The van der Waals surface area contributed by atoms with E-state index in [1.54, 1.807) is 17.4 Å². The summed E-state index contributed by atoms with van der Waals surface area (Å²) < 4.78 is 0. The number of nitrogens with two attached hydrogens (primary N) is 1. The molecule has 0 saturated carbocycles. The number of thiazole rings is 1. The van der Waals surface area contributed by atoms with Gasteiger partial charge < -0.3 is 11.1 Å². The van der Waals surface area contributed by atoms with Crippen molar-refractivity contribution in [2.24, 2.45) is 0 Å². The van der Waals surface area contributed by atoms with Gasteiger partial charge in [0.25, 0.3) is 5.91 Å². The summed E-state index contributed by atoms with van der Waals surface area (Å²) in [5.41, 5.74) is 10.0. The Labute approximate surface area is 123 Å². The van der Waals surface area contributed by atoms with Crippen molar-refractivity contribution in [3.63, 3.8) is 0 Å². The first-order chi connectivity index (χ1) is 9.38. The van der Waals surface area contributed by atoms with Gasteiger partial charge in [-0.1, -0.05) is 6.07 Å². The Kier molecular flexibility index (Phi) is 4.09. The second-order valence-corrected chi connectivity index (χ2v) is 5.94. The van der Waals surface area contributed by atoms with Gasteiger partial charge >= 0.3 is 0 Å². The van der Waals surface area contributed by atoms with Gasteiger partial charge in [0.2, 0.25) is 0 Å². The molecule has 2 aromatic rings. The van der Waals surface area contributed by atoms with Crippen LogP contribution in [0.15, 0.2) is 17.5 Å². The molecule has 0 aliphatic rings. The van der Waals surface area contributed by atoms with E-state index >= 15 is 0 Å². The maximum absolute atomic E-state index is 12.3. The number of nitrogen functional groups attached to an aromatic ring is 1. The van der Waals surface area contributed by atoms with E-state index in [1.165, 1.54) is 0 Å². The van der Waals surface area contributed by atoms with E-state index < -0.39 is 0 Å². The summed E-state index contributed by atoms with van der Waals surface area (Å²) in [6.07, 6.45) is 0. The van der Waals surface area contributed by atoms with Crippen LogP contribution in [0, 0.1) is 20.8 Å². The number of rotatable bonds is 3. The number of carbonyl (C=O) groups is 1. The smallest absolute Gasteiger partial charge is 0.252 e. The third-order valence-electron chi connectivity index (χ3n) is 3.21. The molecule has 0 fully saturated rings. The van der Waals surface area contributed by atoms with Gasteiger partial charge in [-0.25, -0.2) is 4.98 Å². The second kappa shape index (κ2) is 5.63. The predicted molar refractivity (Wildman–Crippen MR) is 83.1 cm³/mol. The molecule has 2 rings (SSSR count). The Bertz CT molecular complexity index is 649. The number of aromatic nitrogens is 1. The summed E-state index contributed by atoms with van der Waals surface area (Å²) in [5.74, 6) is -0.116. The van der Waals surface area contributed by atoms with Crippen LogP contribution in [0.5, 0.6) is 0 Å². The summed E-state index contributed by atoms with van der Waals surface area (Å²) in [5, 5.41) is 5.86. The number of aryl methyl sites for hydroxylation is 3. The van der Waals surface area contributed by atoms with Crippen molar-refractivity contribution in [1.82, 2.24) is 10.3 Å². The molecule has 1 aromatic carbocycles. The fraction of sp³-hybridized carbons (Fsp3) is 0.333. The molecule has 0 bridgehead atoms. The Morgan fingerprint density at radius 1 is 1.30 bits per heavy atom. The number of hydrogen-bond donors (Lipinski definition) is 2. The summed E-state index contributed by atoms with van der Waals surface area (Å²) in [4.78, 5) is 16.7. The average molecular weight is 289 g/mol. The van der Waals surface area contributed by atoms with Crippen molar-refractivity contribution in [3.8, 4) is 0 Å². The molecule has 1 unspecified atom stereocenters. The third-order valence-corrected chi connectivity index (χ3v) is 4.36. The number of amides is 1. The third kappa shape index (κ3) is 2.99. The minimum Gasteiger partial charge on any atom is -0.398 e. The lowest BCUT2D eigenvalue weighted by Crippen LogP contribution is -2.27. The Balaban J connectivity index is 2.18. The second-order valence-electron chi connectivity index (χ2n) is 5.05. The van der Waals surface area contributed by atoms with Crippen LogP contribution in [0.2, 0.25) is 0 Å². The first kappa shape index (κ1) is 14.5. The molecule has 0 radical (unpaired) electrons. The number of carbonyl (C=O) groups excluding carboxylic acids is 1.